The van der Waals surface area contributed by atoms with E-state index in [0.717, 1.165) is 16.5 Å². The van der Waals surface area contributed by atoms with Gasteiger partial charge in [-0.1, -0.05) is 12.1 Å². The maximum atomic E-state index is 10.7. The lowest BCUT2D eigenvalue weighted by molar-refractivity contribution is -0.138. The van der Waals surface area contributed by atoms with E-state index in [4.69, 9.17) is 15.6 Å². The molecule has 1 unspecified atom stereocenters. The second kappa shape index (κ2) is 5.01. The van der Waals surface area contributed by atoms with Crippen molar-refractivity contribution in [3.05, 3.63) is 36.0 Å². The van der Waals surface area contributed by atoms with Gasteiger partial charge in [0, 0.05) is 11.6 Å². The number of rotatable bonds is 4. The molecule has 0 saturated heterocycles. The van der Waals surface area contributed by atoms with Crippen molar-refractivity contribution < 1.29 is 14.6 Å². The van der Waals surface area contributed by atoms with Crippen LogP contribution in [-0.4, -0.2) is 29.2 Å². The topological polar surface area (TPSA) is 85.4 Å². The number of carboxylic acid groups (broad SMARTS) is 1. The highest BCUT2D eigenvalue weighted by Crippen LogP contribution is 2.23. The van der Waals surface area contributed by atoms with Gasteiger partial charge in [-0.25, -0.2) is 0 Å². The van der Waals surface area contributed by atoms with Gasteiger partial charge in [-0.2, -0.15) is 0 Å². The Bertz CT molecular complexity index is 583. The molecule has 0 amide bonds. The molecule has 0 radical (unpaired) electrons. The Morgan fingerprint density at radius 3 is 3.00 bits per heavy atom. The minimum absolute atomic E-state index is 0.259. The number of benzene rings is 1. The third kappa shape index (κ3) is 2.41. The number of nitrogens with two attached hydrogens (primary N) is 1. The van der Waals surface area contributed by atoms with E-state index in [0.29, 0.717) is 5.75 Å². The average Bonchev–Trinajstić information content (AvgIpc) is 2.37. The van der Waals surface area contributed by atoms with Gasteiger partial charge in [-0.15, -0.1) is 0 Å². The number of carboxylic acids is 1. The standard InChI is InChI=1S/C13H14N2O3/c1-18-11-4-2-3-9-5-8(7-15-12(9)11)6-10(14)13(16)17/h2-5,7,10H,6,14H2,1H3,(H,16,17). The van der Waals surface area contributed by atoms with Crippen LogP contribution in [0, 0.1) is 0 Å². The summed E-state index contributed by atoms with van der Waals surface area (Å²) in [6, 6.07) is 6.57. The quantitative estimate of drug-likeness (QED) is 0.846. The van der Waals surface area contributed by atoms with Crippen LogP contribution in [0.5, 0.6) is 5.75 Å². The number of hydrogen-bond donors (Lipinski definition) is 2. The summed E-state index contributed by atoms with van der Waals surface area (Å²) in [4.78, 5) is 15.0. The Labute approximate surface area is 104 Å². The molecule has 5 heteroatoms. The second-order valence-electron chi connectivity index (χ2n) is 4.02. The molecular formula is C13H14N2O3. The molecule has 2 rings (SSSR count). The van der Waals surface area contributed by atoms with Crippen LogP contribution in [0.4, 0.5) is 0 Å². The molecule has 0 bridgehead atoms. The van der Waals surface area contributed by atoms with Gasteiger partial charge in [-0.3, -0.25) is 9.78 Å². The van der Waals surface area contributed by atoms with Crippen LogP contribution < -0.4 is 10.5 Å². The fourth-order valence-corrected chi connectivity index (χ4v) is 1.80. The molecule has 1 atom stereocenters. The molecule has 3 N–H and O–H groups in total. The van der Waals surface area contributed by atoms with Crippen LogP contribution in [0.15, 0.2) is 30.5 Å². The summed E-state index contributed by atoms with van der Waals surface area (Å²) in [5.74, 6) is -0.317. The highest BCUT2D eigenvalue weighted by atomic mass is 16.5. The predicted molar refractivity (Wildman–Crippen MR) is 67.6 cm³/mol. The Balaban J connectivity index is 2.36. The first-order chi connectivity index (χ1) is 8.61. The highest BCUT2D eigenvalue weighted by Gasteiger charge is 2.13. The second-order valence-corrected chi connectivity index (χ2v) is 4.02. The average molecular weight is 246 g/mol. The molecule has 1 aromatic carbocycles. The molecule has 94 valence electrons. The molecule has 5 nitrogen and oxygen atoms in total. The van der Waals surface area contributed by atoms with Gasteiger partial charge >= 0.3 is 5.97 Å². The minimum atomic E-state index is -1.01. The zero-order chi connectivity index (χ0) is 13.1. The number of carbonyl (C=O) groups is 1. The summed E-state index contributed by atoms with van der Waals surface area (Å²) >= 11 is 0. The van der Waals surface area contributed by atoms with Gasteiger partial charge in [0.25, 0.3) is 0 Å². The molecular weight excluding hydrogens is 232 g/mol. The molecule has 2 aromatic rings. The van der Waals surface area contributed by atoms with Gasteiger partial charge < -0.3 is 15.6 Å². The first-order valence-corrected chi connectivity index (χ1v) is 5.52. The van der Waals surface area contributed by atoms with Crippen molar-refractivity contribution >= 4 is 16.9 Å². The zero-order valence-corrected chi connectivity index (χ0v) is 9.96. The number of nitrogens with zero attached hydrogens (tertiary/aromatic N) is 1. The summed E-state index contributed by atoms with van der Waals surface area (Å²) in [6.07, 6.45) is 1.89. The maximum Gasteiger partial charge on any atom is 0.320 e. The number of fused-ring (bicyclic) bond motifs is 1. The molecule has 0 saturated carbocycles. The Morgan fingerprint density at radius 1 is 1.56 bits per heavy atom. The Morgan fingerprint density at radius 2 is 2.33 bits per heavy atom. The number of methoxy groups -OCH3 is 1. The van der Waals surface area contributed by atoms with Crippen molar-refractivity contribution in [1.29, 1.82) is 0 Å². The number of para-hydroxylation sites is 1. The summed E-state index contributed by atoms with van der Waals surface area (Å²) in [6.45, 7) is 0. The highest BCUT2D eigenvalue weighted by molar-refractivity contribution is 5.85. The monoisotopic (exact) mass is 246 g/mol. The van der Waals surface area contributed by atoms with E-state index >= 15 is 0 Å². The Kier molecular flexibility index (Phi) is 3.43. The molecule has 0 aliphatic heterocycles. The summed E-state index contributed by atoms with van der Waals surface area (Å²) in [5, 5.41) is 9.68. The SMILES string of the molecule is COc1cccc2cc(CC(N)C(=O)O)cnc12. The molecule has 0 fully saturated rings. The first kappa shape index (κ1) is 12.3. The summed E-state index contributed by atoms with van der Waals surface area (Å²) < 4.78 is 5.21. The number of aromatic nitrogens is 1. The van der Waals surface area contributed by atoms with Crippen LogP contribution in [0.1, 0.15) is 5.56 Å². The van der Waals surface area contributed by atoms with Crippen LogP contribution in [0.3, 0.4) is 0 Å². The predicted octanol–water partition coefficient (Wildman–Crippen LogP) is 1.20. The van der Waals surface area contributed by atoms with Gasteiger partial charge in [0.2, 0.25) is 0 Å². The Hall–Kier alpha value is -2.14. The molecule has 1 heterocycles. The van der Waals surface area contributed by atoms with Crippen LogP contribution in [0.25, 0.3) is 10.9 Å². The number of hydrogen-bond acceptors (Lipinski definition) is 4. The lowest BCUT2D eigenvalue weighted by Gasteiger charge is -2.08. The van der Waals surface area contributed by atoms with E-state index in [9.17, 15) is 4.79 Å². The van der Waals surface area contributed by atoms with Crippen LogP contribution >= 0.6 is 0 Å². The van der Waals surface area contributed by atoms with Crippen LogP contribution in [-0.2, 0) is 11.2 Å². The molecule has 1 aromatic heterocycles. The summed E-state index contributed by atoms with van der Waals surface area (Å²) in [5.41, 5.74) is 7.05. The first-order valence-electron chi connectivity index (χ1n) is 5.52. The van der Waals surface area contributed by atoms with Crippen molar-refractivity contribution in [2.45, 2.75) is 12.5 Å². The largest absolute Gasteiger partial charge is 0.494 e. The van der Waals surface area contributed by atoms with Crippen molar-refractivity contribution in [3.8, 4) is 5.75 Å². The van der Waals surface area contributed by atoms with E-state index in [2.05, 4.69) is 4.98 Å². The van der Waals surface area contributed by atoms with E-state index in [1.807, 2.05) is 24.3 Å². The van der Waals surface area contributed by atoms with E-state index in [-0.39, 0.29) is 6.42 Å². The molecule has 0 aliphatic carbocycles. The van der Waals surface area contributed by atoms with Gasteiger partial charge in [0.15, 0.2) is 0 Å². The molecule has 0 spiro atoms. The van der Waals surface area contributed by atoms with Crippen molar-refractivity contribution in [1.82, 2.24) is 4.98 Å². The zero-order valence-electron chi connectivity index (χ0n) is 9.96. The van der Waals surface area contributed by atoms with Gasteiger partial charge in [0.05, 0.1) is 7.11 Å². The van der Waals surface area contributed by atoms with Gasteiger partial charge in [-0.05, 0) is 24.1 Å². The van der Waals surface area contributed by atoms with E-state index in [1.54, 1.807) is 13.3 Å². The lowest BCUT2D eigenvalue weighted by Crippen LogP contribution is -2.32. The van der Waals surface area contributed by atoms with E-state index < -0.39 is 12.0 Å². The van der Waals surface area contributed by atoms with E-state index in [1.165, 1.54) is 0 Å². The smallest absolute Gasteiger partial charge is 0.320 e. The van der Waals surface area contributed by atoms with Crippen molar-refractivity contribution in [3.63, 3.8) is 0 Å². The number of pyridine rings is 1. The molecule has 0 aliphatic rings. The fraction of sp³-hybridized carbons (Fsp3) is 0.231. The summed E-state index contributed by atoms with van der Waals surface area (Å²) in [7, 11) is 1.59. The third-order valence-corrected chi connectivity index (χ3v) is 2.72. The number of aliphatic carboxylic acids is 1. The lowest BCUT2D eigenvalue weighted by atomic mass is 10.1. The fourth-order valence-electron chi connectivity index (χ4n) is 1.80. The minimum Gasteiger partial charge on any atom is -0.494 e. The normalized spacial score (nSPS) is 12.3. The molecule has 18 heavy (non-hydrogen) atoms. The maximum absolute atomic E-state index is 10.7. The van der Waals surface area contributed by atoms with Crippen molar-refractivity contribution in [2.75, 3.05) is 7.11 Å². The third-order valence-electron chi connectivity index (χ3n) is 2.72. The van der Waals surface area contributed by atoms with Gasteiger partial charge in [0.1, 0.15) is 17.3 Å². The van der Waals surface area contributed by atoms with Crippen molar-refractivity contribution in [2.24, 2.45) is 5.73 Å². The van der Waals surface area contributed by atoms with Crippen LogP contribution in [0.2, 0.25) is 0 Å². The number of ether oxygens (including phenoxy) is 1.